The highest BCUT2D eigenvalue weighted by atomic mass is 16.6. The molecule has 5 heteroatoms. The molecule has 1 saturated carbocycles. The Morgan fingerprint density at radius 3 is 2.42 bits per heavy atom. The standard InChI is InChI=1S/C14H26N2O3/c1-14(2,3)19-13(17)16(10-5-6-15-9-10)11-7-12(8-11)18-4/h10-12,15H,5-9H2,1-4H3/t10-,11?,12?/m1/s1. The van der Waals surface area contributed by atoms with Crippen LogP contribution in [0.4, 0.5) is 4.79 Å². The highest BCUT2D eigenvalue weighted by molar-refractivity contribution is 5.69. The van der Waals surface area contributed by atoms with Crippen molar-refractivity contribution < 1.29 is 14.3 Å². The summed E-state index contributed by atoms with van der Waals surface area (Å²) in [7, 11) is 1.73. The topological polar surface area (TPSA) is 50.8 Å². The fraction of sp³-hybridized carbons (Fsp3) is 0.929. The number of nitrogens with zero attached hydrogens (tertiary/aromatic N) is 1. The smallest absolute Gasteiger partial charge is 0.410 e. The molecule has 2 fully saturated rings. The molecule has 0 aromatic heterocycles. The van der Waals surface area contributed by atoms with Crippen molar-refractivity contribution in [3.8, 4) is 0 Å². The molecule has 1 aliphatic carbocycles. The Hall–Kier alpha value is -0.810. The van der Waals surface area contributed by atoms with Gasteiger partial charge in [-0.15, -0.1) is 0 Å². The van der Waals surface area contributed by atoms with E-state index in [1.807, 2.05) is 25.7 Å². The molecule has 2 rings (SSSR count). The Morgan fingerprint density at radius 2 is 1.95 bits per heavy atom. The van der Waals surface area contributed by atoms with Crippen LogP contribution in [0.25, 0.3) is 0 Å². The Balaban J connectivity index is 2.00. The van der Waals surface area contributed by atoms with Gasteiger partial charge in [0.1, 0.15) is 5.60 Å². The summed E-state index contributed by atoms with van der Waals surface area (Å²) in [5, 5.41) is 3.32. The number of amides is 1. The van der Waals surface area contributed by atoms with Crippen molar-refractivity contribution >= 4 is 6.09 Å². The van der Waals surface area contributed by atoms with Crippen LogP contribution in [0.1, 0.15) is 40.0 Å². The number of methoxy groups -OCH3 is 1. The molecular formula is C14H26N2O3. The van der Waals surface area contributed by atoms with Gasteiger partial charge in [0.05, 0.1) is 6.10 Å². The molecule has 19 heavy (non-hydrogen) atoms. The predicted octanol–water partition coefficient (Wildman–Crippen LogP) is 1.76. The monoisotopic (exact) mass is 270 g/mol. The van der Waals surface area contributed by atoms with E-state index >= 15 is 0 Å². The van der Waals surface area contributed by atoms with E-state index in [9.17, 15) is 4.79 Å². The van der Waals surface area contributed by atoms with E-state index in [2.05, 4.69) is 5.32 Å². The van der Waals surface area contributed by atoms with Crippen molar-refractivity contribution in [2.45, 2.75) is 63.8 Å². The van der Waals surface area contributed by atoms with Crippen LogP contribution in [0.5, 0.6) is 0 Å². The molecule has 2 aliphatic rings. The van der Waals surface area contributed by atoms with Gasteiger partial charge in [-0.05, 0) is 46.6 Å². The number of ether oxygens (including phenoxy) is 2. The molecule has 0 unspecified atom stereocenters. The molecule has 1 atom stereocenters. The molecule has 0 aromatic carbocycles. The number of hydrogen-bond donors (Lipinski definition) is 1. The van der Waals surface area contributed by atoms with Gasteiger partial charge in [0.25, 0.3) is 0 Å². The van der Waals surface area contributed by atoms with Crippen LogP contribution in [-0.2, 0) is 9.47 Å². The van der Waals surface area contributed by atoms with Crippen LogP contribution < -0.4 is 5.32 Å². The molecular weight excluding hydrogens is 244 g/mol. The Labute approximate surface area is 115 Å². The maximum Gasteiger partial charge on any atom is 0.410 e. The minimum absolute atomic E-state index is 0.180. The van der Waals surface area contributed by atoms with Crippen molar-refractivity contribution in [2.75, 3.05) is 20.2 Å². The maximum absolute atomic E-state index is 12.4. The van der Waals surface area contributed by atoms with Crippen molar-refractivity contribution in [1.29, 1.82) is 0 Å². The summed E-state index contributed by atoms with van der Waals surface area (Å²) in [4.78, 5) is 14.4. The average Bonchev–Trinajstić information content (AvgIpc) is 2.72. The first-order valence-corrected chi connectivity index (χ1v) is 7.15. The minimum Gasteiger partial charge on any atom is -0.444 e. The zero-order valence-corrected chi connectivity index (χ0v) is 12.4. The van der Waals surface area contributed by atoms with Crippen molar-refractivity contribution in [2.24, 2.45) is 0 Å². The van der Waals surface area contributed by atoms with E-state index < -0.39 is 5.60 Å². The second-order valence-electron chi connectivity index (χ2n) is 6.52. The Morgan fingerprint density at radius 1 is 1.26 bits per heavy atom. The SMILES string of the molecule is COC1CC(N(C(=O)OC(C)(C)C)[C@@H]2CCNC2)C1. The van der Waals surface area contributed by atoms with E-state index in [1.54, 1.807) is 7.11 Å². The second-order valence-corrected chi connectivity index (χ2v) is 6.52. The fourth-order valence-corrected chi connectivity index (χ4v) is 2.75. The molecule has 0 aromatic rings. The highest BCUT2D eigenvalue weighted by Gasteiger charge is 2.42. The third kappa shape index (κ3) is 3.60. The lowest BCUT2D eigenvalue weighted by molar-refractivity contribution is -0.0499. The van der Waals surface area contributed by atoms with Crippen LogP contribution in [0.15, 0.2) is 0 Å². The quantitative estimate of drug-likeness (QED) is 0.849. The summed E-state index contributed by atoms with van der Waals surface area (Å²) in [6.07, 6.45) is 2.97. The van der Waals surface area contributed by atoms with Gasteiger partial charge < -0.3 is 19.7 Å². The molecule has 1 aliphatic heterocycles. The largest absolute Gasteiger partial charge is 0.444 e. The molecule has 1 N–H and O–H groups in total. The maximum atomic E-state index is 12.4. The molecule has 0 bridgehead atoms. The van der Waals surface area contributed by atoms with Gasteiger partial charge in [0, 0.05) is 25.7 Å². The molecule has 5 nitrogen and oxygen atoms in total. The van der Waals surface area contributed by atoms with Crippen LogP contribution >= 0.6 is 0 Å². The van der Waals surface area contributed by atoms with Gasteiger partial charge in [-0.25, -0.2) is 4.79 Å². The van der Waals surface area contributed by atoms with Crippen molar-refractivity contribution in [3.05, 3.63) is 0 Å². The first-order valence-electron chi connectivity index (χ1n) is 7.15. The molecule has 1 saturated heterocycles. The first kappa shape index (κ1) is 14.6. The van der Waals surface area contributed by atoms with Gasteiger partial charge in [-0.2, -0.15) is 0 Å². The van der Waals surface area contributed by atoms with E-state index in [0.717, 1.165) is 32.4 Å². The number of carbonyl (C=O) groups excluding carboxylic acids is 1. The summed E-state index contributed by atoms with van der Waals surface area (Å²) in [6.45, 7) is 7.58. The van der Waals surface area contributed by atoms with Crippen LogP contribution in [0.3, 0.4) is 0 Å². The Bertz CT molecular complexity index is 315. The lowest BCUT2D eigenvalue weighted by Gasteiger charge is -2.44. The van der Waals surface area contributed by atoms with Gasteiger partial charge in [-0.3, -0.25) is 0 Å². The summed E-state index contributed by atoms with van der Waals surface area (Å²) in [5.74, 6) is 0. The third-order valence-corrected chi connectivity index (χ3v) is 3.83. The van der Waals surface area contributed by atoms with Gasteiger partial charge >= 0.3 is 6.09 Å². The van der Waals surface area contributed by atoms with Crippen molar-refractivity contribution in [3.63, 3.8) is 0 Å². The van der Waals surface area contributed by atoms with Crippen molar-refractivity contribution in [1.82, 2.24) is 10.2 Å². The highest BCUT2D eigenvalue weighted by Crippen LogP contribution is 2.31. The summed E-state index contributed by atoms with van der Waals surface area (Å²) < 4.78 is 10.9. The zero-order chi connectivity index (χ0) is 14.0. The van der Waals surface area contributed by atoms with E-state index in [1.165, 1.54) is 0 Å². The second kappa shape index (κ2) is 5.67. The lowest BCUT2D eigenvalue weighted by Crippen LogP contribution is -2.56. The van der Waals surface area contributed by atoms with E-state index in [4.69, 9.17) is 9.47 Å². The number of rotatable bonds is 3. The zero-order valence-electron chi connectivity index (χ0n) is 12.4. The number of nitrogens with one attached hydrogen (secondary N) is 1. The molecule has 1 amide bonds. The summed E-state index contributed by atoms with van der Waals surface area (Å²) in [6, 6.07) is 0.530. The summed E-state index contributed by atoms with van der Waals surface area (Å²) in [5.41, 5.74) is -0.439. The number of carbonyl (C=O) groups is 1. The van der Waals surface area contributed by atoms with Gasteiger partial charge in [0.2, 0.25) is 0 Å². The van der Waals surface area contributed by atoms with Crippen LogP contribution in [-0.4, -0.2) is 55.0 Å². The molecule has 110 valence electrons. The molecule has 0 spiro atoms. The Kier molecular flexibility index (Phi) is 4.36. The lowest BCUT2D eigenvalue weighted by atomic mass is 9.87. The van der Waals surface area contributed by atoms with Gasteiger partial charge in [0.15, 0.2) is 0 Å². The third-order valence-electron chi connectivity index (χ3n) is 3.83. The number of hydrogen-bond acceptors (Lipinski definition) is 4. The molecule has 1 heterocycles. The molecule has 0 radical (unpaired) electrons. The van der Waals surface area contributed by atoms with Crippen LogP contribution in [0.2, 0.25) is 0 Å². The summed E-state index contributed by atoms with van der Waals surface area (Å²) >= 11 is 0. The fourth-order valence-electron chi connectivity index (χ4n) is 2.75. The van der Waals surface area contributed by atoms with E-state index in [-0.39, 0.29) is 18.2 Å². The minimum atomic E-state index is -0.439. The predicted molar refractivity (Wildman–Crippen MR) is 73.2 cm³/mol. The van der Waals surface area contributed by atoms with E-state index in [0.29, 0.717) is 6.10 Å². The van der Waals surface area contributed by atoms with Gasteiger partial charge in [-0.1, -0.05) is 0 Å². The average molecular weight is 270 g/mol. The van der Waals surface area contributed by atoms with Crippen LogP contribution in [0, 0.1) is 0 Å². The first-order chi connectivity index (χ1) is 8.90. The normalized spacial score (nSPS) is 30.8.